The van der Waals surface area contributed by atoms with Gasteiger partial charge in [0.2, 0.25) is 5.89 Å². The number of aromatic nitrogens is 3. The summed E-state index contributed by atoms with van der Waals surface area (Å²) in [5.74, 6) is 1.12. The van der Waals surface area contributed by atoms with Crippen LogP contribution in [0.4, 0.5) is 5.69 Å². The standard InChI is InChI=1S/C19H22N4O3S/c1-10-7-11(2)9-15(8-10)23-27(24,25)17-13(4)20-12(3)16(17)19-22-21-18(26-19)14-5-6-14/h7-9,14,20,23H,5-6H2,1-4H3. The number of benzene rings is 1. The van der Waals surface area contributed by atoms with Gasteiger partial charge in [-0.05, 0) is 63.8 Å². The summed E-state index contributed by atoms with van der Waals surface area (Å²) in [4.78, 5) is 3.24. The minimum Gasteiger partial charge on any atom is -0.420 e. The summed E-state index contributed by atoms with van der Waals surface area (Å²) >= 11 is 0. The molecule has 2 aromatic heterocycles. The average Bonchev–Trinajstić information content (AvgIpc) is 3.19. The van der Waals surface area contributed by atoms with Crippen LogP contribution >= 0.6 is 0 Å². The first kappa shape index (κ1) is 17.8. The predicted molar refractivity (Wildman–Crippen MR) is 102 cm³/mol. The maximum absolute atomic E-state index is 13.2. The molecule has 142 valence electrons. The number of hydrogen-bond donors (Lipinski definition) is 2. The van der Waals surface area contributed by atoms with Crippen LogP contribution in [0, 0.1) is 27.7 Å². The van der Waals surface area contributed by atoms with Crippen LogP contribution in [0.25, 0.3) is 11.5 Å². The number of aryl methyl sites for hydroxylation is 4. The van der Waals surface area contributed by atoms with E-state index >= 15 is 0 Å². The van der Waals surface area contributed by atoms with Crippen molar-refractivity contribution in [2.24, 2.45) is 0 Å². The van der Waals surface area contributed by atoms with Gasteiger partial charge < -0.3 is 9.40 Å². The zero-order chi connectivity index (χ0) is 19.3. The lowest BCUT2D eigenvalue weighted by Gasteiger charge is -2.11. The lowest BCUT2D eigenvalue weighted by molar-refractivity contribution is 0.507. The van der Waals surface area contributed by atoms with Crippen LogP contribution in [0.15, 0.2) is 27.5 Å². The summed E-state index contributed by atoms with van der Waals surface area (Å²) in [5, 5.41) is 8.19. The number of rotatable bonds is 5. The number of nitrogens with one attached hydrogen (secondary N) is 2. The second kappa shape index (κ2) is 6.23. The Hall–Kier alpha value is -2.61. The van der Waals surface area contributed by atoms with Gasteiger partial charge in [0.05, 0.1) is 5.56 Å². The summed E-state index contributed by atoms with van der Waals surface area (Å²) in [5.41, 5.74) is 4.15. The van der Waals surface area contributed by atoms with Crippen molar-refractivity contribution in [1.82, 2.24) is 15.2 Å². The van der Waals surface area contributed by atoms with Gasteiger partial charge in [-0.2, -0.15) is 0 Å². The Morgan fingerprint density at radius 3 is 2.33 bits per heavy atom. The van der Waals surface area contributed by atoms with Crippen molar-refractivity contribution in [2.45, 2.75) is 51.3 Å². The van der Waals surface area contributed by atoms with Crippen LogP contribution in [0.3, 0.4) is 0 Å². The van der Waals surface area contributed by atoms with Gasteiger partial charge in [0.1, 0.15) is 4.90 Å². The van der Waals surface area contributed by atoms with E-state index in [2.05, 4.69) is 19.9 Å². The van der Waals surface area contributed by atoms with E-state index in [1.54, 1.807) is 26.0 Å². The first-order valence-corrected chi connectivity index (χ1v) is 10.4. The molecular formula is C19H22N4O3S. The molecule has 0 radical (unpaired) electrons. The second-order valence-electron chi connectivity index (χ2n) is 7.28. The first-order valence-electron chi connectivity index (χ1n) is 8.88. The third-order valence-electron chi connectivity index (χ3n) is 4.64. The molecule has 2 heterocycles. The molecule has 27 heavy (non-hydrogen) atoms. The van der Waals surface area contributed by atoms with Crippen LogP contribution in [-0.4, -0.2) is 23.6 Å². The van der Waals surface area contributed by atoms with E-state index < -0.39 is 10.0 Å². The Balaban J connectivity index is 1.77. The molecule has 0 amide bonds. The fraction of sp³-hybridized carbons (Fsp3) is 0.368. The van der Waals surface area contributed by atoms with E-state index in [-0.39, 0.29) is 10.8 Å². The molecular weight excluding hydrogens is 364 g/mol. The van der Waals surface area contributed by atoms with E-state index in [0.717, 1.165) is 24.0 Å². The second-order valence-corrected chi connectivity index (χ2v) is 8.90. The fourth-order valence-electron chi connectivity index (χ4n) is 3.42. The number of nitrogens with zero attached hydrogens (tertiary/aromatic N) is 2. The highest BCUT2D eigenvalue weighted by molar-refractivity contribution is 7.93. The van der Waals surface area contributed by atoms with E-state index in [1.165, 1.54) is 0 Å². The molecule has 0 aliphatic heterocycles. The van der Waals surface area contributed by atoms with E-state index in [0.29, 0.717) is 34.4 Å². The lowest BCUT2D eigenvalue weighted by Crippen LogP contribution is -2.14. The molecule has 8 heteroatoms. The topological polar surface area (TPSA) is 101 Å². The normalized spacial score (nSPS) is 14.5. The third kappa shape index (κ3) is 3.37. The van der Waals surface area contributed by atoms with Crippen LogP contribution in [-0.2, 0) is 10.0 Å². The van der Waals surface area contributed by atoms with Gasteiger partial charge >= 0.3 is 0 Å². The third-order valence-corrected chi connectivity index (χ3v) is 6.19. The number of anilines is 1. The highest BCUT2D eigenvalue weighted by Crippen LogP contribution is 2.41. The van der Waals surface area contributed by atoms with Crippen molar-refractivity contribution in [1.29, 1.82) is 0 Å². The molecule has 0 saturated heterocycles. The predicted octanol–water partition coefficient (Wildman–Crippen LogP) is 3.98. The Morgan fingerprint density at radius 1 is 1.04 bits per heavy atom. The quantitative estimate of drug-likeness (QED) is 0.691. The summed E-state index contributed by atoms with van der Waals surface area (Å²) in [7, 11) is -3.84. The van der Waals surface area contributed by atoms with E-state index in [1.807, 2.05) is 19.9 Å². The largest absolute Gasteiger partial charge is 0.420 e. The van der Waals surface area contributed by atoms with Gasteiger partial charge in [-0.1, -0.05) is 6.07 Å². The van der Waals surface area contributed by atoms with Gasteiger partial charge in [-0.3, -0.25) is 4.72 Å². The maximum atomic E-state index is 13.2. The molecule has 0 bridgehead atoms. The van der Waals surface area contributed by atoms with Gasteiger partial charge in [-0.15, -0.1) is 10.2 Å². The minimum absolute atomic E-state index is 0.144. The molecule has 1 aromatic carbocycles. The average molecular weight is 386 g/mol. The van der Waals surface area contributed by atoms with E-state index in [4.69, 9.17) is 4.42 Å². The maximum Gasteiger partial charge on any atom is 0.264 e. The zero-order valence-corrected chi connectivity index (χ0v) is 16.6. The molecule has 0 unspecified atom stereocenters. The van der Waals surface area contributed by atoms with Gasteiger partial charge in [0.15, 0.2) is 0 Å². The number of aromatic amines is 1. The molecule has 1 aliphatic rings. The van der Waals surface area contributed by atoms with Crippen LogP contribution in [0.5, 0.6) is 0 Å². The molecule has 1 fully saturated rings. The fourth-order valence-corrected chi connectivity index (χ4v) is 4.92. The Bertz CT molecular complexity index is 1100. The smallest absolute Gasteiger partial charge is 0.264 e. The van der Waals surface area contributed by atoms with Gasteiger partial charge in [-0.25, -0.2) is 8.42 Å². The molecule has 3 aromatic rings. The van der Waals surface area contributed by atoms with Crippen molar-refractivity contribution in [3.05, 3.63) is 46.6 Å². The molecule has 1 aliphatic carbocycles. The summed E-state index contributed by atoms with van der Waals surface area (Å²) in [6.45, 7) is 7.39. The van der Waals surface area contributed by atoms with E-state index in [9.17, 15) is 8.42 Å². The van der Waals surface area contributed by atoms with Crippen LogP contribution in [0.2, 0.25) is 0 Å². The van der Waals surface area contributed by atoms with Crippen molar-refractivity contribution < 1.29 is 12.8 Å². The Kier molecular flexibility index (Phi) is 4.10. The Morgan fingerprint density at radius 2 is 1.70 bits per heavy atom. The lowest BCUT2D eigenvalue weighted by atomic mass is 10.1. The Labute approximate surface area is 158 Å². The first-order chi connectivity index (χ1) is 12.7. The molecule has 0 atom stereocenters. The monoisotopic (exact) mass is 386 g/mol. The van der Waals surface area contributed by atoms with Gasteiger partial charge in [0, 0.05) is 23.0 Å². The minimum atomic E-state index is -3.84. The summed E-state index contributed by atoms with van der Waals surface area (Å²) in [6, 6.07) is 5.60. The van der Waals surface area contributed by atoms with Crippen molar-refractivity contribution in [3.8, 4) is 11.5 Å². The molecule has 2 N–H and O–H groups in total. The zero-order valence-electron chi connectivity index (χ0n) is 15.8. The molecule has 4 rings (SSSR count). The highest BCUT2D eigenvalue weighted by atomic mass is 32.2. The van der Waals surface area contributed by atoms with Crippen molar-refractivity contribution in [3.63, 3.8) is 0 Å². The summed E-state index contributed by atoms with van der Waals surface area (Å²) in [6.07, 6.45) is 2.07. The summed E-state index contributed by atoms with van der Waals surface area (Å²) < 4.78 is 34.8. The van der Waals surface area contributed by atoms with Gasteiger partial charge in [0.25, 0.3) is 15.9 Å². The molecule has 7 nitrogen and oxygen atoms in total. The SMILES string of the molecule is Cc1cc(C)cc(NS(=O)(=O)c2c(C)[nH]c(C)c2-c2nnc(C3CC3)o2)c1. The molecule has 1 saturated carbocycles. The number of hydrogen-bond acceptors (Lipinski definition) is 5. The highest BCUT2D eigenvalue weighted by Gasteiger charge is 2.33. The van der Waals surface area contributed by atoms with Crippen molar-refractivity contribution in [2.75, 3.05) is 4.72 Å². The molecule has 0 spiro atoms. The number of H-pyrrole nitrogens is 1. The van der Waals surface area contributed by atoms with Crippen LogP contribution in [0.1, 0.15) is 47.2 Å². The van der Waals surface area contributed by atoms with Crippen LogP contribution < -0.4 is 4.72 Å². The van der Waals surface area contributed by atoms with Crippen molar-refractivity contribution >= 4 is 15.7 Å². The number of sulfonamides is 1.